The molecule has 0 saturated carbocycles. The number of nitrogens with one attached hydrogen (secondary N) is 2. The Labute approximate surface area is 208 Å². The molecule has 0 amide bonds. The van der Waals surface area contributed by atoms with Crippen LogP contribution in [0.25, 0.3) is 0 Å². The Morgan fingerprint density at radius 2 is 1.73 bits per heavy atom. The van der Waals surface area contributed by atoms with E-state index in [0.717, 1.165) is 22.6 Å². The monoisotopic (exact) mass is 498 g/mol. The average Bonchev–Trinajstić information content (AvgIpc) is 3.31. The fourth-order valence-corrected chi connectivity index (χ4v) is 4.11. The smallest absolute Gasteiger partial charge is 0.176 e. The topological polar surface area (TPSA) is 59.7 Å². The molecule has 4 rings (SSSR count). The maximum atomic E-state index is 6.11. The number of thiocarbonyl (C=S) groups is 1. The largest absolute Gasteiger partial charge is 0.329 e. The van der Waals surface area contributed by atoms with Crippen LogP contribution < -0.4 is 10.6 Å². The van der Waals surface area contributed by atoms with Gasteiger partial charge in [0.05, 0.1) is 40.2 Å². The van der Waals surface area contributed by atoms with Crippen LogP contribution in [0.2, 0.25) is 10.0 Å². The zero-order valence-electron chi connectivity index (χ0n) is 18.6. The third kappa shape index (κ3) is 5.55. The van der Waals surface area contributed by atoms with Gasteiger partial charge in [-0.15, -0.1) is 0 Å². The highest BCUT2D eigenvalue weighted by atomic mass is 35.5. The Kier molecular flexibility index (Phi) is 7.02. The Hall–Kier alpha value is -2.87. The van der Waals surface area contributed by atoms with Crippen LogP contribution in [0.5, 0.6) is 0 Å². The first kappa shape index (κ1) is 23.3. The molecule has 6 nitrogen and oxygen atoms in total. The van der Waals surface area contributed by atoms with E-state index in [1.165, 1.54) is 11.1 Å². The summed E-state index contributed by atoms with van der Waals surface area (Å²) in [6.45, 7) is 7.40. The molecule has 170 valence electrons. The van der Waals surface area contributed by atoms with Gasteiger partial charge in [0.1, 0.15) is 0 Å². The number of nitrogens with zero attached hydrogens (tertiary/aromatic N) is 4. The number of rotatable bonds is 6. The predicted molar refractivity (Wildman–Crippen MR) is 140 cm³/mol. The van der Waals surface area contributed by atoms with Crippen molar-refractivity contribution in [3.8, 4) is 0 Å². The van der Waals surface area contributed by atoms with Gasteiger partial charge in [-0.05, 0) is 61.8 Å². The average molecular weight is 499 g/mol. The molecule has 0 saturated heterocycles. The van der Waals surface area contributed by atoms with Crippen LogP contribution in [0.15, 0.2) is 54.7 Å². The van der Waals surface area contributed by atoms with E-state index in [0.29, 0.717) is 34.1 Å². The van der Waals surface area contributed by atoms with E-state index in [1.807, 2.05) is 55.1 Å². The molecule has 0 aliphatic carbocycles. The molecule has 33 heavy (non-hydrogen) atoms. The van der Waals surface area contributed by atoms with Gasteiger partial charge in [0.25, 0.3) is 0 Å². The number of aryl methyl sites for hydroxylation is 2. The Morgan fingerprint density at radius 1 is 0.939 bits per heavy atom. The number of hydrogen-bond donors (Lipinski definition) is 2. The quantitative estimate of drug-likeness (QED) is 0.309. The summed E-state index contributed by atoms with van der Waals surface area (Å²) in [4.78, 5) is 0. The minimum atomic E-state index is 0.455. The van der Waals surface area contributed by atoms with Gasteiger partial charge >= 0.3 is 0 Å². The van der Waals surface area contributed by atoms with Crippen LogP contribution >= 0.6 is 35.4 Å². The third-order valence-electron chi connectivity index (χ3n) is 5.41. The Balaban J connectivity index is 1.40. The zero-order valence-corrected chi connectivity index (χ0v) is 20.9. The number of anilines is 2. The highest BCUT2D eigenvalue weighted by Gasteiger charge is 2.14. The number of aromatic nitrogens is 4. The molecular formula is C24H24Cl2N6S. The standard InChI is InChI=1S/C24H24Cl2N6S/c1-15-6-4-5-7-19(15)14-32-17(3)23(16(2)29-32)28-24(33)27-22-10-11-31(30-22)13-18-8-9-20(25)21(26)12-18/h4-12H,13-14H2,1-3H3,(H2,27,28,30,33). The molecule has 0 aliphatic heterocycles. The van der Waals surface area contributed by atoms with E-state index < -0.39 is 0 Å². The molecule has 0 atom stereocenters. The van der Waals surface area contributed by atoms with E-state index in [2.05, 4.69) is 34.8 Å². The zero-order chi connectivity index (χ0) is 23.5. The molecule has 0 spiro atoms. The summed E-state index contributed by atoms with van der Waals surface area (Å²) < 4.78 is 3.80. The summed E-state index contributed by atoms with van der Waals surface area (Å²) in [5.41, 5.74) is 6.29. The van der Waals surface area contributed by atoms with Crippen molar-refractivity contribution in [1.29, 1.82) is 0 Å². The van der Waals surface area contributed by atoms with Gasteiger partial charge < -0.3 is 10.6 Å². The molecule has 2 aromatic heterocycles. The lowest BCUT2D eigenvalue weighted by Gasteiger charge is -2.10. The molecule has 4 aromatic rings. The van der Waals surface area contributed by atoms with Crippen molar-refractivity contribution in [2.45, 2.75) is 33.9 Å². The highest BCUT2D eigenvalue weighted by molar-refractivity contribution is 7.80. The predicted octanol–water partition coefficient (Wildman–Crippen LogP) is 6.22. The van der Waals surface area contributed by atoms with Gasteiger partial charge in [0.15, 0.2) is 10.9 Å². The number of hydrogen-bond acceptors (Lipinski definition) is 3. The number of benzene rings is 2. The van der Waals surface area contributed by atoms with Gasteiger partial charge in [-0.3, -0.25) is 9.36 Å². The van der Waals surface area contributed by atoms with Crippen molar-refractivity contribution in [2.24, 2.45) is 0 Å². The molecule has 0 radical (unpaired) electrons. The van der Waals surface area contributed by atoms with Crippen molar-refractivity contribution < 1.29 is 0 Å². The van der Waals surface area contributed by atoms with Gasteiger partial charge in [0, 0.05) is 12.3 Å². The normalized spacial score (nSPS) is 10.9. The molecule has 2 N–H and O–H groups in total. The second-order valence-electron chi connectivity index (χ2n) is 7.86. The second kappa shape index (κ2) is 9.95. The SMILES string of the molecule is Cc1ccccc1Cn1nc(C)c(NC(=S)Nc2ccn(Cc3ccc(Cl)c(Cl)c3)n2)c1C. The van der Waals surface area contributed by atoms with Crippen molar-refractivity contribution in [3.63, 3.8) is 0 Å². The molecule has 0 unspecified atom stereocenters. The summed E-state index contributed by atoms with van der Waals surface area (Å²) >= 11 is 17.6. The Morgan fingerprint density at radius 3 is 2.48 bits per heavy atom. The summed E-state index contributed by atoms with van der Waals surface area (Å²) in [6, 6.07) is 15.7. The minimum Gasteiger partial charge on any atom is -0.329 e. The molecule has 9 heteroatoms. The van der Waals surface area contributed by atoms with Gasteiger partial charge in [-0.2, -0.15) is 10.2 Å². The first-order valence-corrected chi connectivity index (χ1v) is 11.6. The van der Waals surface area contributed by atoms with Crippen LogP contribution in [0.1, 0.15) is 28.1 Å². The first-order chi connectivity index (χ1) is 15.8. The fourth-order valence-electron chi connectivity index (χ4n) is 3.58. The molecule has 2 aromatic carbocycles. The lowest BCUT2D eigenvalue weighted by atomic mass is 10.1. The van der Waals surface area contributed by atoms with Crippen LogP contribution in [0.4, 0.5) is 11.5 Å². The van der Waals surface area contributed by atoms with E-state index in [9.17, 15) is 0 Å². The highest BCUT2D eigenvalue weighted by Crippen LogP contribution is 2.24. The van der Waals surface area contributed by atoms with Crippen molar-refractivity contribution in [2.75, 3.05) is 10.6 Å². The summed E-state index contributed by atoms with van der Waals surface area (Å²) in [6.07, 6.45) is 1.88. The molecule has 2 heterocycles. The molecule has 0 aliphatic rings. The van der Waals surface area contributed by atoms with Gasteiger partial charge in [-0.1, -0.05) is 53.5 Å². The molecule has 0 bridgehead atoms. The third-order valence-corrected chi connectivity index (χ3v) is 6.36. The van der Waals surface area contributed by atoms with Crippen LogP contribution in [-0.2, 0) is 13.1 Å². The lowest BCUT2D eigenvalue weighted by Crippen LogP contribution is -2.20. The van der Waals surface area contributed by atoms with Gasteiger partial charge in [0.2, 0.25) is 0 Å². The first-order valence-electron chi connectivity index (χ1n) is 10.4. The second-order valence-corrected chi connectivity index (χ2v) is 9.08. The van der Waals surface area contributed by atoms with E-state index in [1.54, 1.807) is 10.7 Å². The van der Waals surface area contributed by atoms with Crippen LogP contribution in [-0.4, -0.2) is 24.7 Å². The summed E-state index contributed by atoms with van der Waals surface area (Å²) in [7, 11) is 0. The van der Waals surface area contributed by atoms with Crippen LogP contribution in [0.3, 0.4) is 0 Å². The molecular weight excluding hydrogens is 475 g/mol. The maximum Gasteiger partial charge on any atom is 0.176 e. The van der Waals surface area contributed by atoms with Crippen LogP contribution in [0, 0.1) is 20.8 Å². The summed E-state index contributed by atoms with van der Waals surface area (Å²) in [5, 5.41) is 17.2. The van der Waals surface area contributed by atoms with Gasteiger partial charge in [-0.25, -0.2) is 0 Å². The van der Waals surface area contributed by atoms with Crippen molar-refractivity contribution in [1.82, 2.24) is 19.6 Å². The fraction of sp³-hybridized carbons (Fsp3) is 0.208. The van der Waals surface area contributed by atoms with Crippen molar-refractivity contribution >= 4 is 52.0 Å². The van der Waals surface area contributed by atoms with E-state index in [-0.39, 0.29) is 0 Å². The maximum absolute atomic E-state index is 6.11. The number of halogens is 2. The minimum absolute atomic E-state index is 0.455. The Bertz CT molecular complexity index is 1310. The van der Waals surface area contributed by atoms with Crippen molar-refractivity contribution in [3.05, 3.63) is 92.9 Å². The molecule has 0 fully saturated rings. The lowest BCUT2D eigenvalue weighted by molar-refractivity contribution is 0.657. The van der Waals surface area contributed by atoms with E-state index >= 15 is 0 Å². The van der Waals surface area contributed by atoms with E-state index in [4.69, 9.17) is 40.5 Å². The summed E-state index contributed by atoms with van der Waals surface area (Å²) in [5.74, 6) is 0.648.